The summed E-state index contributed by atoms with van der Waals surface area (Å²) in [6, 6.07) is 12.4. The summed E-state index contributed by atoms with van der Waals surface area (Å²) in [4.78, 5) is 4.57. The maximum absolute atomic E-state index is 8.89. The lowest BCUT2D eigenvalue weighted by molar-refractivity contribution is 0.130. The molecule has 0 aromatic heterocycles. The first-order valence-electron chi connectivity index (χ1n) is 6.69. The SMILES string of the molecule is CC(C#N)N1CCN(CC#Cc2ccccc2)CC1. The van der Waals surface area contributed by atoms with Crippen LogP contribution < -0.4 is 0 Å². The third kappa shape index (κ3) is 4.10. The highest BCUT2D eigenvalue weighted by Gasteiger charge is 2.19. The molecular weight excluding hydrogens is 234 g/mol. The Balaban J connectivity index is 1.78. The molecule has 1 aliphatic heterocycles. The van der Waals surface area contributed by atoms with E-state index in [1.807, 2.05) is 37.3 Å². The lowest BCUT2D eigenvalue weighted by Crippen LogP contribution is -2.49. The standard InChI is InChI=1S/C16H19N3/c1-15(14-17)19-12-10-18(11-13-19)9-5-8-16-6-3-2-4-7-16/h2-4,6-7,15H,9-13H2,1H3. The molecule has 0 bridgehead atoms. The average Bonchev–Trinajstić information content (AvgIpc) is 2.48. The highest BCUT2D eigenvalue weighted by Crippen LogP contribution is 2.05. The molecule has 0 radical (unpaired) electrons. The molecule has 2 rings (SSSR count). The number of rotatable bonds is 2. The summed E-state index contributed by atoms with van der Waals surface area (Å²) in [7, 11) is 0. The van der Waals surface area contributed by atoms with E-state index in [4.69, 9.17) is 5.26 Å². The summed E-state index contributed by atoms with van der Waals surface area (Å²) in [6.07, 6.45) is 0. The molecule has 98 valence electrons. The summed E-state index contributed by atoms with van der Waals surface area (Å²) < 4.78 is 0. The Hall–Kier alpha value is -1.81. The zero-order valence-corrected chi connectivity index (χ0v) is 11.3. The van der Waals surface area contributed by atoms with Crippen LogP contribution in [0.5, 0.6) is 0 Å². The molecular formula is C16H19N3. The normalized spacial score (nSPS) is 18.1. The van der Waals surface area contributed by atoms with Crippen molar-refractivity contribution in [3.05, 3.63) is 35.9 Å². The minimum Gasteiger partial charge on any atom is -0.290 e. The van der Waals surface area contributed by atoms with Gasteiger partial charge in [0.1, 0.15) is 0 Å². The van der Waals surface area contributed by atoms with E-state index in [0.29, 0.717) is 0 Å². The van der Waals surface area contributed by atoms with Gasteiger partial charge in [0, 0.05) is 31.7 Å². The second-order valence-electron chi connectivity index (χ2n) is 4.78. The molecule has 3 heteroatoms. The average molecular weight is 253 g/mol. The van der Waals surface area contributed by atoms with Crippen molar-refractivity contribution in [2.75, 3.05) is 32.7 Å². The van der Waals surface area contributed by atoms with Crippen LogP contribution in [-0.2, 0) is 0 Å². The van der Waals surface area contributed by atoms with Crippen molar-refractivity contribution in [3.63, 3.8) is 0 Å². The van der Waals surface area contributed by atoms with Gasteiger partial charge in [-0.15, -0.1) is 0 Å². The number of nitrogens with zero attached hydrogens (tertiary/aromatic N) is 3. The number of piperazine rings is 1. The summed E-state index contributed by atoms with van der Waals surface area (Å²) in [5.41, 5.74) is 1.07. The first kappa shape index (κ1) is 13.6. The molecule has 19 heavy (non-hydrogen) atoms. The Morgan fingerprint density at radius 2 is 1.84 bits per heavy atom. The van der Waals surface area contributed by atoms with Gasteiger partial charge in [-0.3, -0.25) is 9.80 Å². The Kier molecular flexibility index (Phi) is 4.98. The van der Waals surface area contributed by atoms with Gasteiger partial charge in [0.15, 0.2) is 0 Å². The molecule has 1 aliphatic rings. The topological polar surface area (TPSA) is 30.3 Å². The predicted molar refractivity (Wildman–Crippen MR) is 76.4 cm³/mol. The van der Waals surface area contributed by atoms with Crippen molar-refractivity contribution in [2.24, 2.45) is 0 Å². The van der Waals surface area contributed by atoms with Gasteiger partial charge in [-0.25, -0.2) is 0 Å². The molecule has 1 heterocycles. The molecule has 0 spiro atoms. The minimum atomic E-state index is 0.0255. The largest absolute Gasteiger partial charge is 0.290 e. The fourth-order valence-corrected chi connectivity index (χ4v) is 2.17. The molecule has 0 saturated carbocycles. The molecule has 3 nitrogen and oxygen atoms in total. The Bertz CT molecular complexity index is 484. The van der Waals surface area contributed by atoms with E-state index in [0.717, 1.165) is 38.3 Å². The van der Waals surface area contributed by atoms with Crippen molar-refractivity contribution in [2.45, 2.75) is 13.0 Å². The van der Waals surface area contributed by atoms with Crippen molar-refractivity contribution < 1.29 is 0 Å². The molecule has 0 aliphatic carbocycles. The van der Waals surface area contributed by atoms with Gasteiger partial charge >= 0.3 is 0 Å². The summed E-state index contributed by atoms with van der Waals surface area (Å²) in [5, 5.41) is 8.89. The van der Waals surface area contributed by atoms with Gasteiger partial charge in [0.25, 0.3) is 0 Å². The predicted octanol–water partition coefficient (Wildman–Crippen LogP) is 1.57. The van der Waals surface area contributed by atoms with Crippen molar-refractivity contribution >= 4 is 0 Å². The van der Waals surface area contributed by atoms with Gasteiger partial charge in [0.05, 0.1) is 18.7 Å². The molecule has 0 amide bonds. The van der Waals surface area contributed by atoms with Crippen LogP contribution in [0.25, 0.3) is 0 Å². The lowest BCUT2D eigenvalue weighted by atomic mass is 10.2. The van der Waals surface area contributed by atoms with Gasteiger partial charge in [-0.1, -0.05) is 30.0 Å². The summed E-state index contributed by atoms with van der Waals surface area (Å²) in [6.45, 7) is 6.68. The fraction of sp³-hybridized carbons (Fsp3) is 0.438. The van der Waals surface area contributed by atoms with Gasteiger partial charge in [-0.05, 0) is 19.1 Å². The maximum Gasteiger partial charge on any atom is 0.0950 e. The molecule has 1 unspecified atom stereocenters. The number of benzene rings is 1. The molecule has 1 saturated heterocycles. The van der Waals surface area contributed by atoms with E-state index in [1.54, 1.807) is 0 Å². The number of hydrogen-bond donors (Lipinski definition) is 0. The molecule has 1 aromatic rings. The van der Waals surface area contributed by atoms with E-state index in [1.165, 1.54) is 0 Å². The zero-order valence-electron chi connectivity index (χ0n) is 11.3. The van der Waals surface area contributed by atoms with Crippen LogP contribution in [0.4, 0.5) is 0 Å². The minimum absolute atomic E-state index is 0.0255. The first-order chi connectivity index (χ1) is 9.29. The van der Waals surface area contributed by atoms with Crippen LogP contribution in [0.3, 0.4) is 0 Å². The van der Waals surface area contributed by atoms with Crippen LogP contribution in [0.1, 0.15) is 12.5 Å². The van der Waals surface area contributed by atoms with Crippen molar-refractivity contribution in [1.82, 2.24) is 9.80 Å². The second kappa shape index (κ2) is 6.95. The highest BCUT2D eigenvalue weighted by atomic mass is 15.3. The van der Waals surface area contributed by atoms with E-state index >= 15 is 0 Å². The van der Waals surface area contributed by atoms with E-state index in [-0.39, 0.29) is 6.04 Å². The van der Waals surface area contributed by atoms with Gasteiger partial charge in [0.2, 0.25) is 0 Å². The molecule has 1 fully saturated rings. The summed E-state index contributed by atoms with van der Waals surface area (Å²) >= 11 is 0. The maximum atomic E-state index is 8.89. The molecule has 1 aromatic carbocycles. The number of hydrogen-bond acceptors (Lipinski definition) is 3. The Labute approximate surface area is 115 Å². The lowest BCUT2D eigenvalue weighted by Gasteiger charge is -2.34. The van der Waals surface area contributed by atoms with Gasteiger partial charge in [-0.2, -0.15) is 5.26 Å². The van der Waals surface area contributed by atoms with Crippen molar-refractivity contribution in [1.29, 1.82) is 5.26 Å². The van der Waals surface area contributed by atoms with Gasteiger partial charge < -0.3 is 0 Å². The van der Waals surface area contributed by atoms with E-state index in [9.17, 15) is 0 Å². The molecule has 1 atom stereocenters. The third-order valence-corrected chi connectivity index (χ3v) is 3.45. The quantitative estimate of drug-likeness (QED) is 0.749. The Morgan fingerprint density at radius 3 is 2.47 bits per heavy atom. The summed E-state index contributed by atoms with van der Waals surface area (Å²) in [5.74, 6) is 6.40. The van der Waals surface area contributed by atoms with Crippen LogP contribution in [-0.4, -0.2) is 48.6 Å². The smallest absolute Gasteiger partial charge is 0.0950 e. The van der Waals surface area contributed by atoms with Crippen LogP contribution in [0.2, 0.25) is 0 Å². The first-order valence-corrected chi connectivity index (χ1v) is 6.69. The van der Waals surface area contributed by atoms with E-state index < -0.39 is 0 Å². The third-order valence-electron chi connectivity index (χ3n) is 3.45. The van der Waals surface area contributed by atoms with Crippen LogP contribution in [0.15, 0.2) is 30.3 Å². The fourth-order valence-electron chi connectivity index (χ4n) is 2.17. The van der Waals surface area contributed by atoms with Crippen LogP contribution in [0, 0.1) is 23.2 Å². The molecule has 0 N–H and O–H groups in total. The monoisotopic (exact) mass is 253 g/mol. The highest BCUT2D eigenvalue weighted by molar-refractivity contribution is 5.33. The second-order valence-corrected chi connectivity index (χ2v) is 4.78. The van der Waals surface area contributed by atoms with E-state index in [2.05, 4.69) is 27.7 Å². The Morgan fingerprint density at radius 1 is 1.16 bits per heavy atom. The number of nitriles is 1. The van der Waals surface area contributed by atoms with Crippen LogP contribution >= 0.6 is 0 Å². The van der Waals surface area contributed by atoms with Crippen molar-refractivity contribution in [3.8, 4) is 17.9 Å². The zero-order chi connectivity index (χ0) is 13.5.